The van der Waals surface area contributed by atoms with E-state index in [0.717, 1.165) is 10.0 Å². The summed E-state index contributed by atoms with van der Waals surface area (Å²) in [6.07, 6.45) is 3.22. The van der Waals surface area contributed by atoms with Gasteiger partial charge in [-0.2, -0.15) is 0 Å². The van der Waals surface area contributed by atoms with E-state index in [1.54, 1.807) is 36.4 Å². The van der Waals surface area contributed by atoms with Crippen molar-refractivity contribution in [3.8, 4) is 0 Å². The molecule has 0 fully saturated rings. The molecule has 0 amide bonds. The quantitative estimate of drug-likeness (QED) is 0.475. The van der Waals surface area contributed by atoms with Gasteiger partial charge < -0.3 is 4.74 Å². The molecule has 0 atom stereocenters. The van der Waals surface area contributed by atoms with Crippen molar-refractivity contribution in [1.29, 1.82) is 0 Å². The summed E-state index contributed by atoms with van der Waals surface area (Å²) in [6.45, 7) is 0. The van der Waals surface area contributed by atoms with Crippen LogP contribution in [0, 0.1) is 0 Å². The predicted molar refractivity (Wildman–Crippen MR) is 85.3 cm³/mol. The highest BCUT2D eigenvalue weighted by molar-refractivity contribution is 9.10. The number of hydrogen-bond acceptors (Lipinski definition) is 3. The fourth-order valence-corrected chi connectivity index (χ4v) is 2.25. The van der Waals surface area contributed by atoms with Gasteiger partial charge >= 0.3 is 5.97 Å². The first-order valence-corrected chi connectivity index (χ1v) is 7.06. The second-order valence-electron chi connectivity index (χ2n) is 4.29. The molecule has 0 heterocycles. The monoisotopic (exact) mass is 344 g/mol. The number of carbonyl (C=O) groups excluding carboxylic acids is 2. The molecule has 0 spiro atoms. The summed E-state index contributed by atoms with van der Waals surface area (Å²) in [5, 5.41) is 0. The number of hydrogen-bond donors (Lipinski definition) is 0. The van der Waals surface area contributed by atoms with Crippen molar-refractivity contribution in [2.45, 2.75) is 0 Å². The molecular formula is C17H13BrO3. The first kappa shape index (κ1) is 15.2. The van der Waals surface area contributed by atoms with E-state index in [4.69, 9.17) is 0 Å². The van der Waals surface area contributed by atoms with Crippen LogP contribution in [-0.2, 0) is 4.74 Å². The van der Waals surface area contributed by atoms with Gasteiger partial charge in [0.25, 0.3) is 0 Å². The van der Waals surface area contributed by atoms with Crippen molar-refractivity contribution < 1.29 is 14.3 Å². The highest BCUT2D eigenvalue weighted by atomic mass is 79.9. The summed E-state index contributed by atoms with van der Waals surface area (Å²) in [5.74, 6) is -0.464. The number of benzene rings is 2. The third-order valence-corrected chi connectivity index (χ3v) is 3.59. The lowest BCUT2D eigenvalue weighted by Crippen LogP contribution is -2.00. The predicted octanol–water partition coefficient (Wildman–Crippen LogP) is 4.13. The molecule has 106 valence electrons. The summed E-state index contributed by atoms with van der Waals surface area (Å²) in [6, 6.07) is 14.1. The lowest BCUT2D eigenvalue weighted by atomic mass is 10.1. The molecule has 0 bridgehead atoms. The van der Waals surface area contributed by atoms with Gasteiger partial charge in [-0.1, -0.05) is 46.3 Å². The fourth-order valence-electron chi connectivity index (χ4n) is 1.77. The summed E-state index contributed by atoms with van der Waals surface area (Å²) in [7, 11) is 1.34. The Kier molecular flexibility index (Phi) is 5.06. The van der Waals surface area contributed by atoms with Crippen molar-refractivity contribution in [2.75, 3.05) is 7.11 Å². The van der Waals surface area contributed by atoms with Crippen molar-refractivity contribution in [3.63, 3.8) is 0 Å². The van der Waals surface area contributed by atoms with Gasteiger partial charge in [-0.15, -0.1) is 0 Å². The first-order valence-electron chi connectivity index (χ1n) is 6.27. The van der Waals surface area contributed by atoms with Gasteiger partial charge in [-0.25, -0.2) is 4.79 Å². The van der Waals surface area contributed by atoms with Crippen molar-refractivity contribution in [3.05, 3.63) is 75.8 Å². The van der Waals surface area contributed by atoms with E-state index in [2.05, 4.69) is 20.7 Å². The zero-order valence-corrected chi connectivity index (χ0v) is 13.0. The lowest BCUT2D eigenvalue weighted by molar-refractivity contribution is 0.0600. The number of esters is 1. The average molecular weight is 345 g/mol. The van der Waals surface area contributed by atoms with E-state index in [9.17, 15) is 9.59 Å². The third-order valence-electron chi connectivity index (χ3n) is 2.90. The molecule has 4 heteroatoms. The molecule has 2 aromatic rings. The number of ether oxygens (including phenoxy) is 1. The van der Waals surface area contributed by atoms with E-state index >= 15 is 0 Å². The van der Waals surface area contributed by atoms with E-state index < -0.39 is 0 Å². The van der Waals surface area contributed by atoms with Crippen LogP contribution in [0.15, 0.2) is 59.1 Å². The summed E-state index contributed by atoms with van der Waals surface area (Å²) in [4.78, 5) is 23.4. The van der Waals surface area contributed by atoms with Gasteiger partial charge in [0.1, 0.15) is 0 Å². The Hall–Kier alpha value is -2.20. The third kappa shape index (κ3) is 3.89. The lowest BCUT2D eigenvalue weighted by Gasteiger charge is -2.00. The zero-order valence-electron chi connectivity index (χ0n) is 11.4. The second-order valence-corrected chi connectivity index (χ2v) is 5.15. The molecule has 0 saturated carbocycles. The second kappa shape index (κ2) is 6.99. The summed E-state index contributed by atoms with van der Waals surface area (Å²) in [5.41, 5.74) is 1.93. The maximum Gasteiger partial charge on any atom is 0.337 e. The molecule has 0 unspecified atom stereocenters. The standard InChI is InChI=1S/C17H13BrO3/c1-21-17(20)13-9-6-12(7-10-13)8-11-16(19)14-4-2-3-5-15(14)18/h2-11H,1H3/b11-8+. The maximum absolute atomic E-state index is 12.1. The van der Waals surface area contributed by atoms with Crippen molar-refractivity contribution in [1.82, 2.24) is 0 Å². The number of rotatable bonds is 4. The van der Waals surface area contributed by atoms with E-state index in [1.807, 2.05) is 18.2 Å². The number of ketones is 1. The molecule has 2 rings (SSSR count). The van der Waals surface area contributed by atoms with Crippen LogP contribution in [-0.4, -0.2) is 18.9 Å². The highest BCUT2D eigenvalue weighted by Gasteiger charge is 2.06. The van der Waals surface area contributed by atoms with Crippen LogP contribution < -0.4 is 0 Å². The van der Waals surface area contributed by atoms with Crippen LogP contribution in [0.4, 0.5) is 0 Å². The molecule has 0 aliphatic carbocycles. The van der Waals surface area contributed by atoms with Gasteiger partial charge in [-0.05, 0) is 35.9 Å². The number of allylic oxidation sites excluding steroid dienone is 1. The van der Waals surface area contributed by atoms with Gasteiger partial charge in [0.2, 0.25) is 0 Å². The molecule has 3 nitrogen and oxygen atoms in total. The number of carbonyl (C=O) groups is 2. The Labute approximate surface area is 131 Å². The van der Waals surface area contributed by atoms with Gasteiger partial charge in [0.05, 0.1) is 12.7 Å². The van der Waals surface area contributed by atoms with Crippen LogP contribution in [0.2, 0.25) is 0 Å². The first-order chi connectivity index (χ1) is 10.1. The SMILES string of the molecule is COC(=O)c1ccc(/C=C/C(=O)c2ccccc2Br)cc1. The van der Waals surface area contributed by atoms with E-state index in [1.165, 1.54) is 13.2 Å². The molecule has 0 aliphatic rings. The fraction of sp³-hybridized carbons (Fsp3) is 0.0588. The largest absolute Gasteiger partial charge is 0.465 e. The molecule has 0 N–H and O–H groups in total. The van der Waals surface area contributed by atoms with E-state index in [0.29, 0.717) is 11.1 Å². The van der Waals surface area contributed by atoms with Crippen LogP contribution in [0.5, 0.6) is 0 Å². The average Bonchev–Trinajstić information content (AvgIpc) is 2.52. The Morgan fingerprint density at radius 1 is 1.05 bits per heavy atom. The Balaban J connectivity index is 2.13. The van der Waals surface area contributed by atoms with Gasteiger partial charge in [-0.3, -0.25) is 4.79 Å². The molecule has 21 heavy (non-hydrogen) atoms. The van der Waals surface area contributed by atoms with Crippen LogP contribution >= 0.6 is 15.9 Å². The molecule has 0 saturated heterocycles. The number of methoxy groups -OCH3 is 1. The minimum absolute atomic E-state index is 0.0838. The number of halogens is 1. The zero-order chi connectivity index (χ0) is 15.2. The normalized spacial score (nSPS) is 10.6. The Bertz CT molecular complexity index is 687. The molecule has 0 radical (unpaired) electrons. The minimum atomic E-state index is -0.380. The Morgan fingerprint density at radius 2 is 1.71 bits per heavy atom. The highest BCUT2D eigenvalue weighted by Crippen LogP contribution is 2.17. The van der Waals surface area contributed by atoms with E-state index in [-0.39, 0.29) is 11.8 Å². The van der Waals surface area contributed by atoms with Crippen LogP contribution in [0.1, 0.15) is 26.3 Å². The van der Waals surface area contributed by atoms with Crippen LogP contribution in [0.25, 0.3) is 6.08 Å². The molecular weight excluding hydrogens is 332 g/mol. The topological polar surface area (TPSA) is 43.4 Å². The summed E-state index contributed by atoms with van der Waals surface area (Å²) < 4.78 is 5.39. The van der Waals surface area contributed by atoms with Crippen molar-refractivity contribution in [2.24, 2.45) is 0 Å². The molecule has 0 aliphatic heterocycles. The van der Waals surface area contributed by atoms with Crippen LogP contribution in [0.3, 0.4) is 0 Å². The van der Waals surface area contributed by atoms with Gasteiger partial charge in [0, 0.05) is 10.0 Å². The Morgan fingerprint density at radius 3 is 2.33 bits per heavy atom. The molecule has 2 aromatic carbocycles. The van der Waals surface area contributed by atoms with Gasteiger partial charge in [0.15, 0.2) is 5.78 Å². The van der Waals surface area contributed by atoms with Crippen molar-refractivity contribution >= 4 is 33.8 Å². The summed E-state index contributed by atoms with van der Waals surface area (Å²) >= 11 is 3.35. The maximum atomic E-state index is 12.1. The smallest absolute Gasteiger partial charge is 0.337 e. The molecule has 0 aromatic heterocycles. The minimum Gasteiger partial charge on any atom is -0.465 e.